The number of hydrogen-bond acceptors (Lipinski definition) is 1. The first-order valence-electron chi connectivity index (χ1n) is 9.81. The molecule has 4 rings (SSSR count). The molecule has 0 spiro atoms. The zero-order valence-corrected chi connectivity index (χ0v) is 16.2. The van der Waals surface area contributed by atoms with Crippen molar-refractivity contribution in [3.8, 4) is 11.3 Å². The second-order valence-corrected chi connectivity index (χ2v) is 7.39. The Morgan fingerprint density at radius 2 is 1.48 bits per heavy atom. The maximum atomic E-state index is 6.25. The lowest BCUT2D eigenvalue weighted by molar-refractivity contribution is 0.563. The van der Waals surface area contributed by atoms with E-state index in [2.05, 4.69) is 86.7 Å². The number of aryl methyl sites for hydroxylation is 1. The Morgan fingerprint density at radius 3 is 2.30 bits per heavy atom. The van der Waals surface area contributed by atoms with Gasteiger partial charge in [0.05, 0.1) is 0 Å². The summed E-state index contributed by atoms with van der Waals surface area (Å²) in [5.41, 5.74) is 8.09. The standard InChI is InChI=1S/C26H26O/c1-19-9-6-7-13-24(19)26-18-17-25(27-26)22-12-8-14-23(20(2)15-16-22)21-10-4-3-5-11-21/h3-7,9-11,13,16-18H,8,12,14-15H2,1-2H3/b22-16+,23-20+. The lowest BCUT2D eigenvalue weighted by Crippen LogP contribution is -1.95. The van der Waals surface area contributed by atoms with Gasteiger partial charge in [-0.1, -0.05) is 66.2 Å². The lowest BCUT2D eigenvalue weighted by atomic mass is 9.89. The molecule has 1 aliphatic rings. The maximum absolute atomic E-state index is 6.25. The summed E-state index contributed by atoms with van der Waals surface area (Å²) in [5, 5.41) is 0. The summed E-state index contributed by atoms with van der Waals surface area (Å²) < 4.78 is 6.25. The number of allylic oxidation sites excluding steroid dienone is 4. The highest BCUT2D eigenvalue weighted by atomic mass is 16.3. The van der Waals surface area contributed by atoms with Crippen LogP contribution in [0.5, 0.6) is 0 Å². The van der Waals surface area contributed by atoms with Crippen LogP contribution in [0.2, 0.25) is 0 Å². The highest BCUT2D eigenvalue weighted by Gasteiger charge is 2.14. The van der Waals surface area contributed by atoms with Crippen molar-refractivity contribution in [3.05, 3.63) is 95.3 Å². The van der Waals surface area contributed by atoms with Crippen molar-refractivity contribution >= 4 is 11.1 Å². The quantitative estimate of drug-likeness (QED) is 0.470. The summed E-state index contributed by atoms with van der Waals surface area (Å²) in [6.07, 6.45) is 6.68. The monoisotopic (exact) mass is 354 g/mol. The summed E-state index contributed by atoms with van der Waals surface area (Å²) >= 11 is 0. The van der Waals surface area contributed by atoms with E-state index in [4.69, 9.17) is 4.42 Å². The minimum Gasteiger partial charge on any atom is -0.456 e. The average Bonchev–Trinajstić information content (AvgIpc) is 3.16. The molecule has 136 valence electrons. The normalized spacial score (nSPS) is 19.9. The van der Waals surface area contributed by atoms with Gasteiger partial charge >= 0.3 is 0 Å². The van der Waals surface area contributed by atoms with Crippen molar-refractivity contribution in [2.45, 2.75) is 39.5 Å². The Kier molecular flexibility index (Phi) is 5.11. The molecule has 27 heavy (non-hydrogen) atoms. The Morgan fingerprint density at radius 1 is 0.741 bits per heavy atom. The number of rotatable bonds is 3. The van der Waals surface area contributed by atoms with Crippen LogP contribution in [-0.2, 0) is 0 Å². The average molecular weight is 354 g/mol. The first-order chi connectivity index (χ1) is 13.2. The van der Waals surface area contributed by atoms with Gasteiger partial charge in [-0.2, -0.15) is 0 Å². The SMILES string of the molecule is C/C1=C(\c2ccccc2)CCC/C(c2ccc(-c3ccccc3C)o2)=C\C1. The molecule has 2 aromatic carbocycles. The third kappa shape index (κ3) is 3.83. The van der Waals surface area contributed by atoms with Crippen LogP contribution in [0.3, 0.4) is 0 Å². The maximum Gasteiger partial charge on any atom is 0.135 e. The molecule has 1 heteroatoms. The van der Waals surface area contributed by atoms with Crippen LogP contribution in [-0.4, -0.2) is 0 Å². The molecule has 0 saturated carbocycles. The molecule has 1 aromatic heterocycles. The highest BCUT2D eigenvalue weighted by Crippen LogP contribution is 2.35. The smallest absolute Gasteiger partial charge is 0.135 e. The van der Waals surface area contributed by atoms with Gasteiger partial charge in [-0.3, -0.25) is 0 Å². The van der Waals surface area contributed by atoms with Crippen LogP contribution < -0.4 is 0 Å². The summed E-state index contributed by atoms with van der Waals surface area (Å²) in [4.78, 5) is 0. The minimum atomic E-state index is 0.961. The van der Waals surface area contributed by atoms with Crippen LogP contribution >= 0.6 is 0 Å². The topological polar surface area (TPSA) is 13.1 Å². The van der Waals surface area contributed by atoms with Crippen LogP contribution in [0.15, 0.2) is 82.8 Å². The van der Waals surface area contributed by atoms with Crippen molar-refractivity contribution in [1.82, 2.24) is 0 Å². The van der Waals surface area contributed by atoms with Crippen molar-refractivity contribution in [2.75, 3.05) is 0 Å². The van der Waals surface area contributed by atoms with Gasteiger partial charge in [-0.15, -0.1) is 0 Å². The molecule has 0 amide bonds. The van der Waals surface area contributed by atoms with Gasteiger partial charge in [0.2, 0.25) is 0 Å². The van der Waals surface area contributed by atoms with E-state index in [0.717, 1.165) is 37.2 Å². The van der Waals surface area contributed by atoms with Crippen molar-refractivity contribution in [2.24, 2.45) is 0 Å². The molecule has 1 nitrogen and oxygen atoms in total. The Labute approximate surface area is 162 Å². The Bertz CT molecular complexity index is 986. The van der Waals surface area contributed by atoms with Gasteiger partial charge in [-0.25, -0.2) is 0 Å². The lowest BCUT2D eigenvalue weighted by Gasteiger charge is -2.16. The van der Waals surface area contributed by atoms with Crippen molar-refractivity contribution in [3.63, 3.8) is 0 Å². The Hall–Kier alpha value is -2.80. The van der Waals surface area contributed by atoms with E-state index < -0.39 is 0 Å². The van der Waals surface area contributed by atoms with Crippen LogP contribution in [0, 0.1) is 6.92 Å². The molecule has 3 aromatic rings. The van der Waals surface area contributed by atoms with Gasteiger partial charge < -0.3 is 4.42 Å². The van der Waals surface area contributed by atoms with Gasteiger partial charge in [0.1, 0.15) is 11.5 Å². The summed E-state index contributed by atoms with van der Waals surface area (Å²) in [6, 6.07) is 23.4. The predicted octanol–water partition coefficient (Wildman–Crippen LogP) is 7.69. The first-order valence-corrected chi connectivity index (χ1v) is 9.81. The molecule has 0 bridgehead atoms. The van der Waals surface area contributed by atoms with E-state index in [1.54, 1.807) is 0 Å². The van der Waals surface area contributed by atoms with Gasteiger partial charge in [0.15, 0.2) is 0 Å². The van der Waals surface area contributed by atoms with Crippen molar-refractivity contribution < 1.29 is 4.42 Å². The molecular formula is C26H26O. The fraction of sp³-hybridized carbons (Fsp3) is 0.231. The summed E-state index contributed by atoms with van der Waals surface area (Å²) in [5.74, 6) is 1.98. The predicted molar refractivity (Wildman–Crippen MR) is 114 cm³/mol. The van der Waals surface area contributed by atoms with E-state index in [0.29, 0.717) is 0 Å². The Balaban J connectivity index is 1.60. The first kappa shape index (κ1) is 17.6. The molecule has 0 N–H and O–H groups in total. The third-order valence-corrected chi connectivity index (χ3v) is 5.50. The molecule has 1 aliphatic carbocycles. The van der Waals surface area contributed by atoms with Crippen LogP contribution in [0.25, 0.3) is 22.5 Å². The second kappa shape index (κ2) is 7.84. The van der Waals surface area contributed by atoms with E-state index in [9.17, 15) is 0 Å². The highest BCUT2D eigenvalue weighted by molar-refractivity contribution is 5.72. The second-order valence-electron chi connectivity index (χ2n) is 7.39. The number of benzene rings is 2. The van der Waals surface area contributed by atoms with E-state index in [-0.39, 0.29) is 0 Å². The molecule has 0 aliphatic heterocycles. The number of hydrogen-bond donors (Lipinski definition) is 0. The molecule has 0 atom stereocenters. The van der Waals surface area contributed by atoms with Gasteiger partial charge in [0, 0.05) is 5.56 Å². The van der Waals surface area contributed by atoms with Crippen molar-refractivity contribution in [1.29, 1.82) is 0 Å². The zero-order chi connectivity index (χ0) is 18.6. The molecule has 0 saturated heterocycles. The third-order valence-electron chi connectivity index (χ3n) is 5.50. The molecule has 0 unspecified atom stereocenters. The fourth-order valence-electron chi connectivity index (χ4n) is 3.93. The molecule has 0 fully saturated rings. The summed E-state index contributed by atoms with van der Waals surface area (Å²) in [6.45, 7) is 4.40. The summed E-state index contributed by atoms with van der Waals surface area (Å²) in [7, 11) is 0. The minimum absolute atomic E-state index is 0.961. The largest absolute Gasteiger partial charge is 0.456 e. The van der Waals surface area contributed by atoms with E-state index in [1.165, 1.54) is 33.4 Å². The zero-order valence-electron chi connectivity index (χ0n) is 16.2. The van der Waals surface area contributed by atoms with Gasteiger partial charge in [0.25, 0.3) is 0 Å². The van der Waals surface area contributed by atoms with E-state index >= 15 is 0 Å². The number of furan rings is 1. The van der Waals surface area contributed by atoms with Crippen LogP contribution in [0.4, 0.5) is 0 Å². The van der Waals surface area contributed by atoms with E-state index in [1.807, 2.05) is 0 Å². The molecule has 1 heterocycles. The van der Waals surface area contributed by atoms with Crippen LogP contribution in [0.1, 0.15) is 49.5 Å². The molecule has 0 radical (unpaired) electrons. The molecular weight excluding hydrogens is 328 g/mol. The fourth-order valence-corrected chi connectivity index (χ4v) is 3.93. The van der Waals surface area contributed by atoms with Gasteiger partial charge in [-0.05, 0) is 73.9 Å².